The van der Waals surface area contributed by atoms with Crippen molar-refractivity contribution in [3.63, 3.8) is 0 Å². The Morgan fingerprint density at radius 2 is 2.24 bits per heavy atom. The molecule has 90 valence electrons. The average Bonchev–Trinajstić information content (AvgIpc) is 2.32. The van der Waals surface area contributed by atoms with Gasteiger partial charge in [-0.3, -0.25) is 4.79 Å². The van der Waals surface area contributed by atoms with Crippen LogP contribution in [0.3, 0.4) is 0 Å². The molecule has 1 amide bonds. The van der Waals surface area contributed by atoms with E-state index in [1.165, 1.54) is 6.07 Å². The van der Waals surface area contributed by atoms with Gasteiger partial charge in [0, 0.05) is 13.0 Å². The van der Waals surface area contributed by atoms with Crippen LogP contribution >= 0.6 is 15.9 Å². The van der Waals surface area contributed by atoms with E-state index in [-0.39, 0.29) is 10.0 Å². The molecule has 1 rings (SSSR count). The van der Waals surface area contributed by atoms with E-state index in [9.17, 15) is 9.18 Å². The maximum atomic E-state index is 13.5. The van der Waals surface area contributed by atoms with Crippen molar-refractivity contribution < 1.29 is 9.18 Å². The summed E-state index contributed by atoms with van der Waals surface area (Å²) in [5.74, 6) is 1.59. The van der Waals surface area contributed by atoms with Crippen LogP contribution in [-0.2, 0) is 0 Å². The molecule has 0 atom stereocenters. The normalized spacial score (nSPS) is 9.71. The minimum atomic E-state index is -0.534. The summed E-state index contributed by atoms with van der Waals surface area (Å²) in [6, 6.07) is 4.64. The van der Waals surface area contributed by atoms with E-state index in [1.807, 2.05) is 0 Å². The van der Waals surface area contributed by atoms with Crippen LogP contribution in [0.5, 0.6) is 0 Å². The quantitative estimate of drug-likeness (QED) is 0.657. The van der Waals surface area contributed by atoms with Crippen LogP contribution in [0, 0.1) is 18.2 Å². The van der Waals surface area contributed by atoms with Crippen molar-refractivity contribution in [2.24, 2.45) is 0 Å². The van der Waals surface area contributed by atoms with Crippen LogP contribution in [0.2, 0.25) is 0 Å². The van der Waals surface area contributed by atoms with Crippen molar-refractivity contribution in [2.75, 3.05) is 6.54 Å². The number of carbonyl (C=O) groups is 1. The van der Waals surface area contributed by atoms with Crippen molar-refractivity contribution in [2.45, 2.75) is 19.3 Å². The maximum Gasteiger partial charge on any atom is 0.254 e. The van der Waals surface area contributed by atoms with Crippen LogP contribution < -0.4 is 5.32 Å². The predicted octanol–water partition coefficient (Wildman–Crippen LogP) is 3.12. The van der Waals surface area contributed by atoms with Crippen LogP contribution in [0.25, 0.3) is 0 Å². The van der Waals surface area contributed by atoms with Crippen LogP contribution in [-0.4, -0.2) is 12.5 Å². The molecular weight excluding hydrogens is 285 g/mol. The van der Waals surface area contributed by atoms with Gasteiger partial charge in [0.25, 0.3) is 5.91 Å². The van der Waals surface area contributed by atoms with E-state index in [2.05, 4.69) is 27.2 Å². The molecule has 2 nitrogen and oxygen atoms in total. The second-order valence-electron chi connectivity index (χ2n) is 3.52. The first-order valence-corrected chi connectivity index (χ1v) is 6.11. The van der Waals surface area contributed by atoms with Gasteiger partial charge in [0.1, 0.15) is 5.82 Å². The summed E-state index contributed by atoms with van der Waals surface area (Å²) < 4.78 is 13.8. The van der Waals surface area contributed by atoms with Crippen LogP contribution in [0.15, 0.2) is 22.7 Å². The fraction of sp³-hybridized carbons (Fsp3) is 0.308. The molecule has 0 saturated heterocycles. The number of rotatable bonds is 5. The molecule has 0 aromatic heterocycles. The molecule has 0 heterocycles. The summed E-state index contributed by atoms with van der Waals surface area (Å²) in [6.45, 7) is 0.506. The Bertz CT molecular complexity index is 440. The minimum Gasteiger partial charge on any atom is -0.352 e. The van der Waals surface area contributed by atoms with E-state index in [4.69, 9.17) is 6.42 Å². The fourth-order valence-electron chi connectivity index (χ4n) is 1.33. The summed E-state index contributed by atoms with van der Waals surface area (Å²) in [4.78, 5) is 11.6. The molecule has 0 fully saturated rings. The van der Waals surface area contributed by atoms with Crippen LogP contribution in [0.1, 0.15) is 29.6 Å². The zero-order valence-electron chi connectivity index (χ0n) is 9.30. The molecule has 0 aliphatic heterocycles. The predicted molar refractivity (Wildman–Crippen MR) is 69.1 cm³/mol. The van der Waals surface area contributed by atoms with Gasteiger partial charge < -0.3 is 5.32 Å². The third-order valence-electron chi connectivity index (χ3n) is 2.23. The number of benzene rings is 1. The highest BCUT2D eigenvalue weighted by atomic mass is 79.9. The Morgan fingerprint density at radius 3 is 2.94 bits per heavy atom. The lowest BCUT2D eigenvalue weighted by atomic mass is 10.2. The van der Waals surface area contributed by atoms with Gasteiger partial charge in [0.15, 0.2) is 0 Å². The third kappa shape index (κ3) is 4.20. The topological polar surface area (TPSA) is 29.1 Å². The second kappa shape index (κ2) is 7.08. The standard InChI is InChI=1S/C13H13BrFNO/c1-2-3-4-5-9-16-13(17)10-7-6-8-11(14)12(10)15/h1,6-8H,3-5,9H2,(H,16,17). The zero-order chi connectivity index (χ0) is 12.7. The fourth-order valence-corrected chi connectivity index (χ4v) is 1.69. The molecule has 4 heteroatoms. The molecule has 0 saturated carbocycles. The van der Waals surface area contributed by atoms with Crippen molar-refractivity contribution in [1.82, 2.24) is 5.32 Å². The monoisotopic (exact) mass is 297 g/mol. The lowest BCUT2D eigenvalue weighted by Gasteiger charge is -2.06. The van der Waals surface area contributed by atoms with Gasteiger partial charge >= 0.3 is 0 Å². The van der Waals surface area contributed by atoms with Gasteiger partial charge in [-0.1, -0.05) is 6.07 Å². The van der Waals surface area contributed by atoms with Crippen molar-refractivity contribution >= 4 is 21.8 Å². The zero-order valence-corrected chi connectivity index (χ0v) is 10.9. The Balaban J connectivity index is 2.48. The molecule has 0 radical (unpaired) electrons. The van der Waals surface area contributed by atoms with Crippen molar-refractivity contribution in [3.8, 4) is 12.3 Å². The van der Waals surface area contributed by atoms with Gasteiger partial charge in [-0.15, -0.1) is 12.3 Å². The summed E-state index contributed by atoms with van der Waals surface area (Å²) >= 11 is 3.04. The number of terminal acetylenes is 1. The van der Waals surface area contributed by atoms with E-state index in [1.54, 1.807) is 12.1 Å². The van der Waals surface area contributed by atoms with E-state index in [0.717, 1.165) is 12.8 Å². The lowest BCUT2D eigenvalue weighted by molar-refractivity contribution is 0.0949. The minimum absolute atomic E-state index is 0.0522. The summed E-state index contributed by atoms with van der Waals surface area (Å²) in [6.07, 6.45) is 7.46. The van der Waals surface area contributed by atoms with Crippen molar-refractivity contribution in [3.05, 3.63) is 34.1 Å². The highest BCUT2D eigenvalue weighted by molar-refractivity contribution is 9.10. The first kappa shape index (κ1) is 13.7. The Kier molecular flexibility index (Phi) is 5.71. The molecule has 0 bridgehead atoms. The largest absolute Gasteiger partial charge is 0.352 e. The number of amides is 1. The highest BCUT2D eigenvalue weighted by Gasteiger charge is 2.12. The molecule has 0 aliphatic carbocycles. The molecule has 1 aromatic rings. The van der Waals surface area contributed by atoms with E-state index >= 15 is 0 Å². The number of halogens is 2. The summed E-state index contributed by atoms with van der Waals surface area (Å²) in [5.41, 5.74) is 0.0522. The lowest BCUT2D eigenvalue weighted by Crippen LogP contribution is -2.25. The molecular formula is C13H13BrFNO. The average molecular weight is 298 g/mol. The molecule has 0 aliphatic rings. The number of carbonyl (C=O) groups excluding carboxylic acids is 1. The number of nitrogens with one attached hydrogen (secondary N) is 1. The third-order valence-corrected chi connectivity index (χ3v) is 2.84. The van der Waals surface area contributed by atoms with Gasteiger partial charge in [-0.05, 0) is 40.9 Å². The van der Waals surface area contributed by atoms with Gasteiger partial charge in [0.2, 0.25) is 0 Å². The second-order valence-corrected chi connectivity index (χ2v) is 4.37. The number of unbranched alkanes of at least 4 members (excludes halogenated alkanes) is 2. The molecule has 1 N–H and O–H groups in total. The summed E-state index contributed by atoms with van der Waals surface area (Å²) in [5, 5.41) is 2.66. The Hall–Kier alpha value is -1.34. The van der Waals surface area contributed by atoms with Gasteiger partial charge in [-0.25, -0.2) is 4.39 Å². The SMILES string of the molecule is C#CCCCCNC(=O)c1cccc(Br)c1F. The number of hydrogen-bond donors (Lipinski definition) is 1. The smallest absolute Gasteiger partial charge is 0.254 e. The number of hydrogen-bond acceptors (Lipinski definition) is 1. The van der Waals surface area contributed by atoms with Gasteiger partial charge in [0.05, 0.1) is 10.0 Å². The van der Waals surface area contributed by atoms with E-state index in [0.29, 0.717) is 13.0 Å². The molecule has 1 aromatic carbocycles. The van der Waals surface area contributed by atoms with E-state index < -0.39 is 11.7 Å². The Labute approximate surface area is 109 Å². The summed E-state index contributed by atoms with van der Waals surface area (Å²) in [7, 11) is 0. The first-order valence-electron chi connectivity index (χ1n) is 5.32. The molecule has 17 heavy (non-hydrogen) atoms. The first-order chi connectivity index (χ1) is 8.16. The molecule has 0 spiro atoms. The van der Waals surface area contributed by atoms with Crippen LogP contribution in [0.4, 0.5) is 4.39 Å². The molecule has 0 unspecified atom stereocenters. The maximum absolute atomic E-state index is 13.5. The van der Waals surface area contributed by atoms with Gasteiger partial charge in [-0.2, -0.15) is 0 Å². The Morgan fingerprint density at radius 1 is 1.47 bits per heavy atom. The van der Waals surface area contributed by atoms with Crippen molar-refractivity contribution in [1.29, 1.82) is 0 Å². The highest BCUT2D eigenvalue weighted by Crippen LogP contribution is 2.18.